The van der Waals surface area contributed by atoms with E-state index in [9.17, 15) is 27.6 Å². The van der Waals surface area contributed by atoms with E-state index < -0.39 is 35.5 Å². The van der Waals surface area contributed by atoms with Crippen LogP contribution in [0.5, 0.6) is 0 Å². The number of pyridine rings is 1. The molecule has 3 N–H and O–H groups in total. The van der Waals surface area contributed by atoms with Crippen molar-refractivity contribution in [2.45, 2.75) is 81.4 Å². The van der Waals surface area contributed by atoms with E-state index in [4.69, 9.17) is 22.1 Å². The summed E-state index contributed by atoms with van der Waals surface area (Å²) in [5.41, 5.74) is 5.92. The third-order valence-corrected chi connectivity index (χ3v) is 12.5. The molecule has 2 aromatic heterocycles. The van der Waals surface area contributed by atoms with Crippen LogP contribution in [0.15, 0.2) is 47.4 Å². The fourth-order valence-corrected chi connectivity index (χ4v) is 9.44. The Labute approximate surface area is 314 Å². The van der Waals surface area contributed by atoms with Crippen molar-refractivity contribution in [3.63, 3.8) is 0 Å². The number of H-pyrrole nitrogens is 1. The van der Waals surface area contributed by atoms with E-state index in [2.05, 4.69) is 26.8 Å². The highest BCUT2D eigenvalue weighted by Gasteiger charge is 2.42. The van der Waals surface area contributed by atoms with Crippen LogP contribution in [-0.2, 0) is 22.1 Å². The Balaban J connectivity index is 0.970. The van der Waals surface area contributed by atoms with Gasteiger partial charge in [-0.05, 0) is 69.3 Å². The molecule has 2 aromatic carbocycles. The molecule has 4 aromatic rings. The van der Waals surface area contributed by atoms with E-state index in [1.807, 2.05) is 24.3 Å². The Kier molecular flexibility index (Phi) is 9.76. The van der Waals surface area contributed by atoms with Gasteiger partial charge in [-0.3, -0.25) is 19.2 Å². The average molecular weight is 769 g/mol. The standard InChI is InChI=1S/C38H44ClF3N8O4/c1-46-24-6-7-25(46)20-26(19-24)47-12-14-48(15-13-47)35(51)32(18-22-16-28(38(40,41)42)33(43)29(39)17-22)54-37(53)49-10-8-23(9-11-49)50-31-21-44-30-5-3-2-4-27(30)34(31)45-36(50)52/h2-5,16-17,21,23-26,32H,6-15,18-20,43H2,1H3,(H,45,52)/t24?,25?,26?,32-/m1/s1. The lowest BCUT2D eigenvalue weighted by Crippen LogP contribution is -2.57. The molecule has 2 amide bonds. The van der Waals surface area contributed by atoms with Crippen molar-refractivity contribution in [3.05, 3.63) is 69.2 Å². The van der Waals surface area contributed by atoms with Crippen molar-refractivity contribution in [3.8, 4) is 0 Å². The zero-order valence-electron chi connectivity index (χ0n) is 30.0. The summed E-state index contributed by atoms with van der Waals surface area (Å²) < 4.78 is 49.2. The van der Waals surface area contributed by atoms with E-state index in [-0.39, 0.29) is 41.8 Å². The highest BCUT2D eigenvalue weighted by molar-refractivity contribution is 6.33. The Bertz CT molecular complexity index is 2110. The van der Waals surface area contributed by atoms with Crippen molar-refractivity contribution >= 4 is 51.2 Å². The van der Waals surface area contributed by atoms with Crippen LogP contribution < -0.4 is 11.4 Å². The minimum Gasteiger partial charge on any atom is -0.436 e. The molecule has 2 bridgehead atoms. The number of likely N-dealkylation sites (tertiary alicyclic amines) is 1. The molecule has 288 valence electrons. The number of hydrogen-bond acceptors (Lipinski definition) is 8. The first-order valence-electron chi connectivity index (χ1n) is 18.7. The van der Waals surface area contributed by atoms with E-state index >= 15 is 0 Å². The van der Waals surface area contributed by atoms with Gasteiger partial charge in [-0.15, -0.1) is 0 Å². The predicted octanol–water partition coefficient (Wildman–Crippen LogP) is 5.29. The topological polar surface area (TPSA) is 133 Å². The number of carbonyl (C=O) groups excluding carboxylic acids is 2. The SMILES string of the molecule is CN1C2CCC1CC(N1CCN(C(=O)[C@@H](Cc3cc(Cl)c(N)c(C(F)(F)F)c3)OC(=O)N3CCC(n4c(=O)[nH]c5c6ccccc6ncc54)CC3)CC1)C2. The van der Waals surface area contributed by atoms with Crippen molar-refractivity contribution in [1.82, 2.24) is 34.1 Å². The van der Waals surface area contributed by atoms with Gasteiger partial charge >= 0.3 is 18.0 Å². The number of nitrogens with two attached hydrogens (primary N) is 1. The molecule has 0 spiro atoms. The van der Waals surface area contributed by atoms with Gasteiger partial charge in [0.25, 0.3) is 5.91 Å². The van der Waals surface area contributed by atoms with Crippen LogP contribution in [0, 0.1) is 0 Å². The summed E-state index contributed by atoms with van der Waals surface area (Å²) >= 11 is 6.14. The van der Waals surface area contributed by atoms with Crippen LogP contribution >= 0.6 is 11.6 Å². The molecule has 16 heteroatoms. The summed E-state index contributed by atoms with van der Waals surface area (Å²) in [6.45, 7) is 2.65. The number of nitrogen functional groups attached to an aromatic ring is 1. The molecule has 6 heterocycles. The number of benzene rings is 2. The number of aromatic nitrogens is 3. The number of piperazine rings is 1. The van der Waals surface area contributed by atoms with Crippen LogP contribution in [0.1, 0.15) is 55.7 Å². The van der Waals surface area contributed by atoms with Crippen LogP contribution in [0.3, 0.4) is 0 Å². The zero-order valence-corrected chi connectivity index (χ0v) is 30.8. The van der Waals surface area contributed by atoms with Crippen LogP contribution in [0.4, 0.5) is 23.7 Å². The number of imidazole rings is 1. The van der Waals surface area contributed by atoms with Gasteiger partial charge in [-0.1, -0.05) is 29.8 Å². The van der Waals surface area contributed by atoms with Crippen LogP contribution in [0.25, 0.3) is 21.9 Å². The molecule has 4 aliphatic rings. The Morgan fingerprint density at radius 2 is 1.65 bits per heavy atom. The highest BCUT2D eigenvalue weighted by Crippen LogP contribution is 2.39. The van der Waals surface area contributed by atoms with Gasteiger partial charge in [-0.25, -0.2) is 9.59 Å². The lowest BCUT2D eigenvalue weighted by molar-refractivity contribution is -0.143. The number of hydrogen-bond donors (Lipinski definition) is 2. The monoisotopic (exact) mass is 768 g/mol. The lowest BCUT2D eigenvalue weighted by atomic mass is 9.96. The molecule has 54 heavy (non-hydrogen) atoms. The van der Waals surface area contributed by atoms with Crippen LogP contribution in [-0.4, -0.2) is 117 Å². The average Bonchev–Trinajstić information content (AvgIpc) is 3.58. The van der Waals surface area contributed by atoms with Gasteiger partial charge < -0.3 is 30.2 Å². The minimum atomic E-state index is -4.77. The Morgan fingerprint density at radius 1 is 0.963 bits per heavy atom. The van der Waals surface area contributed by atoms with E-state index in [1.165, 1.54) is 23.8 Å². The number of fused-ring (bicyclic) bond motifs is 5. The third kappa shape index (κ3) is 6.90. The molecule has 4 saturated heterocycles. The molecule has 4 fully saturated rings. The Hall–Kier alpha value is -4.34. The van der Waals surface area contributed by atoms with Gasteiger partial charge in [0.2, 0.25) is 0 Å². The number of alkyl halides is 3. The number of piperidine rings is 2. The van der Waals surface area contributed by atoms with Gasteiger partial charge in [0.05, 0.1) is 39.0 Å². The van der Waals surface area contributed by atoms with Gasteiger partial charge in [0.15, 0.2) is 6.10 Å². The van der Waals surface area contributed by atoms with Crippen molar-refractivity contribution < 1.29 is 27.5 Å². The highest BCUT2D eigenvalue weighted by atomic mass is 35.5. The summed E-state index contributed by atoms with van der Waals surface area (Å²) in [6.07, 6.45) is -0.0467. The van der Waals surface area contributed by atoms with Gasteiger partial charge in [0, 0.05) is 75.2 Å². The van der Waals surface area contributed by atoms with Crippen molar-refractivity contribution in [2.75, 3.05) is 52.0 Å². The second kappa shape index (κ2) is 14.4. The first-order chi connectivity index (χ1) is 25.9. The second-order valence-electron chi connectivity index (χ2n) is 15.2. The molecule has 0 radical (unpaired) electrons. The zero-order chi connectivity index (χ0) is 37.9. The minimum absolute atomic E-state index is 0.0756. The molecule has 4 aliphatic heterocycles. The summed E-state index contributed by atoms with van der Waals surface area (Å²) in [7, 11) is 2.20. The number of halogens is 4. The maximum absolute atomic E-state index is 14.1. The molecular weight excluding hydrogens is 725 g/mol. The lowest BCUT2D eigenvalue weighted by Gasteiger charge is -2.45. The number of para-hydroxylation sites is 1. The number of rotatable bonds is 6. The number of amides is 2. The number of carbonyl (C=O) groups is 2. The summed E-state index contributed by atoms with van der Waals surface area (Å²) in [4.78, 5) is 56.6. The third-order valence-electron chi connectivity index (χ3n) is 12.2. The van der Waals surface area contributed by atoms with E-state index in [0.29, 0.717) is 68.2 Å². The summed E-state index contributed by atoms with van der Waals surface area (Å²) in [5, 5.41) is 0.540. The number of aromatic amines is 1. The predicted molar refractivity (Wildman–Crippen MR) is 198 cm³/mol. The maximum Gasteiger partial charge on any atom is 0.418 e. The normalized spacial score (nSPS) is 23.7. The van der Waals surface area contributed by atoms with Gasteiger partial charge in [0.1, 0.15) is 0 Å². The van der Waals surface area contributed by atoms with E-state index in [1.54, 1.807) is 15.7 Å². The summed E-state index contributed by atoms with van der Waals surface area (Å²) in [5.74, 6) is -0.465. The number of anilines is 1. The van der Waals surface area contributed by atoms with E-state index in [0.717, 1.165) is 29.8 Å². The fraction of sp³-hybridized carbons (Fsp3) is 0.526. The van der Waals surface area contributed by atoms with Crippen LogP contribution in [0.2, 0.25) is 5.02 Å². The van der Waals surface area contributed by atoms with Crippen molar-refractivity contribution in [1.29, 1.82) is 0 Å². The molecule has 8 rings (SSSR count). The number of nitrogens with zero attached hydrogens (tertiary/aromatic N) is 6. The number of ether oxygens (including phenoxy) is 1. The van der Waals surface area contributed by atoms with Crippen molar-refractivity contribution in [2.24, 2.45) is 0 Å². The Morgan fingerprint density at radius 3 is 2.33 bits per heavy atom. The maximum atomic E-state index is 14.1. The largest absolute Gasteiger partial charge is 0.436 e. The number of nitrogens with one attached hydrogen (secondary N) is 1. The molecule has 0 aliphatic carbocycles. The first kappa shape index (κ1) is 36.6. The fourth-order valence-electron chi connectivity index (χ4n) is 9.20. The molecular formula is C38H44ClF3N8O4. The second-order valence-corrected chi connectivity index (χ2v) is 15.6. The smallest absolute Gasteiger partial charge is 0.418 e. The molecule has 2 unspecified atom stereocenters. The van der Waals surface area contributed by atoms with Gasteiger partial charge in [-0.2, -0.15) is 13.2 Å². The molecule has 0 saturated carbocycles. The first-order valence-corrected chi connectivity index (χ1v) is 19.1. The quantitative estimate of drug-likeness (QED) is 0.253. The molecule has 12 nitrogen and oxygen atoms in total. The molecule has 3 atom stereocenters. The summed E-state index contributed by atoms with van der Waals surface area (Å²) in [6, 6.07) is 11.1.